The zero-order valence-electron chi connectivity index (χ0n) is 22.6. The van der Waals surface area contributed by atoms with Gasteiger partial charge >= 0.3 is 6.16 Å². The first-order valence-electron chi connectivity index (χ1n) is 13.5. The first kappa shape index (κ1) is 25.8. The SMILES string of the molecule is COC(=O)OC[C@@H]1C[C@H]1C(=O)N1CCN(c2nc(C3CC3)c3c(c2C#N)CC(C)(C)OC3)CC1C(C)C. The molecular weight excluding hydrogens is 472 g/mol. The lowest BCUT2D eigenvalue weighted by atomic mass is 9.87. The van der Waals surface area contributed by atoms with E-state index in [1.54, 1.807) is 0 Å². The highest BCUT2D eigenvalue weighted by molar-refractivity contribution is 5.82. The number of rotatable bonds is 6. The largest absolute Gasteiger partial charge is 0.507 e. The maximum absolute atomic E-state index is 13.4. The van der Waals surface area contributed by atoms with Crippen molar-refractivity contribution in [1.29, 1.82) is 5.26 Å². The van der Waals surface area contributed by atoms with Gasteiger partial charge in [-0.15, -0.1) is 0 Å². The van der Waals surface area contributed by atoms with Crippen LogP contribution in [0.25, 0.3) is 0 Å². The Balaban J connectivity index is 1.37. The fourth-order valence-electron chi connectivity index (χ4n) is 5.85. The van der Waals surface area contributed by atoms with Crippen LogP contribution in [0.4, 0.5) is 10.6 Å². The summed E-state index contributed by atoms with van der Waals surface area (Å²) in [5.41, 5.74) is 3.66. The van der Waals surface area contributed by atoms with E-state index in [2.05, 4.69) is 43.4 Å². The summed E-state index contributed by atoms with van der Waals surface area (Å²) in [5, 5.41) is 10.3. The molecule has 3 heterocycles. The Morgan fingerprint density at radius 3 is 2.65 bits per heavy atom. The minimum Gasteiger partial charge on any atom is -0.438 e. The van der Waals surface area contributed by atoms with Gasteiger partial charge in [0.05, 0.1) is 43.2 Å². The Morgan fingerprint density at radius 1 is 1.24 bits per heavy atom. The summed E-state index contributed by atoms with van der Waals surface area (Å²) in [5.74, 6) is 1.54. The molecule has 37 heavy (non-hydrogen) atoms. The number of pyridine rings is 1. The number of nitriles is 1. The van der Waals surface area contributed by atoms with E-state index in [1.165, 1.54) is 7.11 Å². The Labute approximate surface area is 219 Å². The third-order valence-electron chi connectivity index (χ3n) is 8.30. The molecule has 200 valence electrons. The van der Waals surface area contributed by atoms with Crippen molar-refractivity contribution in [3.05, 3.63) is 22.4 Å². The highest BCUT2D eigenvalue weighted by Gasteiger charge is 2.48. The molecule has 1 aromatic rings. The Kier molecular flexibility index (Phi) is 6.82. The molecule has 1 unspecified atom stereocenters. The van der Waals surface area contributed by atoms with Crippen molar-refractivity contribution in [2.24, 2.45) is 17.8 Å². The average molecular weight is 511 g/mol. The van der Waals surface area contributed by atoms with Gasteiger partial charge in [-0.25, -0.2) is 9.78 Å². The minimum atomic E-state index is -0.710. The number of amides is 1. The van der Waals surface area contributed by atoms with E-state index in [9.17, 15) is 14.9 Å². The maximum Gasteiger partial charge on any atom is 0.507 e. The molecule has 2 aliphatic carbocycles. The monoisotopic (exact) mass is 510 g/mol. The van der Waals surface area contributed by atoms with Gasteiger partial charge in [0.2, 0.25) is 5.91 Å². The minimum absolute atomic E-state index is 0.0116. The number of carbonyl (C=O) groups is 2. The molecule has 9 heteroatoms. The Hall–Kier alpha value is -2.86. The van der Waals surface area contributed by atoms with Crippen molar-refractivity contribution >= 4 is 17.9 Å². The van der Waals surface area contributed by atoms with Gasteiger partial charge in [-0.05, 0) is 44.6 Å². The van der Waals surface area contributed by atoms with Gasteiger partial charge in [0.15, 0.2) is 0 Å². The van der Waals surface area contributed by atoms with Gasteiger partial charge in [0.25, 0.3) is 0 Å². The zero-order valence-corrected chi connectivity index (χ0v) is 22.6. The molecule has 1 aromatic heterocycles. The van der Waals surface area contributed by atoms with Crippen LogP contribution in [0.5, 0.6) is 0 Å². The molecule has 5 rings (SSSR count). The van der Waals surface area contributed by atoms with E-state index in [-0.39, 0.29) is 41.9 Å². The van der Waals surface area contributed by atoms with Crippen LogP contribution in [-0.2, 0) is 32.0 Å². The van der Waals surface area contributed by atoms with E-state index < -0.39 is 6.16 Å². The summed E-state index contributed by atoms with van der Waals surface area (Å²) in [6.07, 6.45) is 2.98. The Bertz CT molecular complexity index is 1120. The zero-order chi connectivity index (χ0) is 26.5. The molecule has 4 aliphatic rings. The van der Waals surface area contributed by atoms with E-state index in [0.717, 1.165) is 41.9 Å². The predicted molar refractivity (Wildman–Crippen MR) is 136 cm³/mol. The number of methoxy groups -OCH3 is 1. The van der Waals surface area contributed by atoms with Crippen molar-refractivity contribution in [3.8, 4) is 6.07 Å². The molecule has 9 nitrogen and oxygen atoms in total. The number of piperazine rings is 1. The van der Waals surface area contributed by atoms with Crippen molar-refractivity contribution < 1.29 is 23.8 Å². The van der Waals surface area contributed by atoms with Gasteiger partial charge in [0, 0.05) is 49.4 Å². The average Bonchev–Trinajstić information content (AvgIpc) is 3.79. The fraction of sp³-hybridized carbons (Fsp3) is 0.714. The molecule has 2 aliphatic heterocycles. The van der Waals surface area contributed by atoms with Gasteiger partial charge in [-0.2, -0.15) is 5.26 Å². The lowest BCUT2D eigenvalue weighted by Crippen LogP contribution is -2.58. The van der Waals surface area contributed by atoms with Crippen LogP contribution in [0.3, 0.4) is 0 Å². The van der Waals surface area contributed by atoms with E-state index in [1.807, 2.05) is 4.90 Å². The summed E-state index contributed by atoms with van der Waals surface area (Å²) in [6, 6.07) is 2.51. The predicted octanol–water partition coefficient (Wildman–Crippen LogP) is 3.77. The second-order valence-electron chi connectivity index (χ2n) is 11.9. The molecule has 3 fully saturated rings. The first-order valence-corrected chi connectivity index (χ1v) is 13.5. The smallest absolute Gasteiger partial charge is 0.438 e. The number of hydrogen-bond donors (Lipinski definition) is 0. The van der Waals surface area contributed by atoms with Crippen LogP contribution >= 0.6 is 0 Å². The van der Waals surface area contributed by atoms with Crippen LogP contribution in [0.15, 0.2) is 0 Å². The van der Waals surface area contributed by atoms with Crippen molar-refractivity contribution in [1.82, 2.24) is 9.88 Å². The van der Waals surface area contributed by atoms with Crippen molar-refractivity contribution in [3.63, 3.8) is 0 Å². The topological polar surface area (TPSA) is 105 Å². The highest BCUT2D eigenvalue weighted by Crippen LogP contribution is 2.46. The number of carbonyl (C=O) groups excluding carboxylic acids is 2. The van der Waals surface area contributed by atoms with Crippen molar-refractivity contribution in [2.75, 3.05) is 38.3 Å². The summed E-state index contributed by atoms with van der Waals surface area (Å²) < 4.78 is 15.7. The second-order valence-corrected chi connectivity index (χ2v) is 11.9. The molecule has 1 amide bonds. The number of hydrogen-bond acceptors (Lipinski definition) is 8. The number of aromatic nitrogens is 1. The standard InChI is InChI=1S/C28H38N4O5/c1-16(2)23-13-31(8-9-32(23)26(33)19-10-18(19)14-36-27(34)35-5)25-21(12-29)20-11-28(3,4)37-15-22(20)24(30-25)17-6-7-17/h16-19,23H,6-11,13-15H2,1-5H3/t18-,19+,23?/m0/s1. The fourth-order valence-corrected chi connectivity index (χ4v) is 5.85. The molecular formula is C28H38N4O5. The number of anilines is 1. The molecule has 0 radical (unpaired) electrons. The summed E-state index contributed by atoms with van der Waals surface area (Å²) >= 11 is 0. The second kappa shape index (κ2) is 9.79. The number of ether oxygens (including phenoxy) is 3. The number of fused-ring (bicyclic) bond motifs is 1. The van der Waals surface area contributed by atoms with Crippen LogP contribution in [0.2, 0.25) is 0 Å². The quantitative estimate of drug-likeness (QED) is 0.533. The van der Waals surface area contributed by atoms with Crippen LogP contribution in [0, 0.1) is 29.1 Å². The molecule has 3 atom stereocenters. The highest BCUT2D eigenvalue weighted by atomic mass is 16.7. The summed E-state index contributed by atoms with van der Waals surface area (Å²) in [6.45, 7) is 11.0. The van der Waals surface area contributed by atoms with Gasteiger partial charge in [0.1, 0.15) is 11.9 Å². The third kappa shape index (κ3) is 5.13. The lowest BCUT2D eigenvalue weighted by molar-refractivity contribution is -0.137. The van der Waals surface area contributed by atoms with Gasteiger partial charge in [-0.1, -0.05) is 13.8 Å². The summed E-state index contributed by atoms with van der Waals surface area (Å²) in [4.78, 5) is 34.1. The Morgan fingerprint density at radius 2 is 2.00 bits per heavy atom. The molecule has 2 saturated carbocycles. The number of nitrogens with zero attached hydrogens (tertiary/aromatic N) is 4. The van der Waals surface area contributed by atoms with Gasteiger partial charge in [-0.3, -0.25) is 4.79 Å². The molecule has 0 aromatic carbocycles. The normalized spacial score (nSPS) is 26.4. The molecule has 0 spiro atoms. The van der Waals surface area contributed by atoms with Gasteiger partial charge < -0.3 is 24.0 Å². The van der Waals surface area contributed by atoms with E-state index >= 15 is 0 Å². The van der Waals surface area contributed by atoms with E-state index in [0.29, 0.717) is 44.1 Å². The van der Waals surface area contributed by atoms with Crippen LogP contribution in [-0.4, -0.2) is 66.9 Å². The van der Waals surface area contributed by atoms with E-state index in [4.69, 9.17) is 14.5 Å². The molecule has 0 N–H and O–H groups in total. The first-order chi connectivity index (χ1) is 17.6. The molecule has 1 saturated heterocycles. The van der Waals surface area contributed by atoms with Crippen molar-refractivity contribution in [2.45, 2.75) is 77.5 Å². The summed E-state index contributed by atoms with van der Waals surface area (Å²) in [7, 11) is 1.28. The van der Waals surface area contributed by atoms with Crippen LogP contribution in [0.1, 0.15) is 75.3 Å². The lowest BCUT2D eigenvalue weighted by Gasteiger charge is -2.45. The molecule has 0 bridgehead atoms. The van der Waals surface area contributed by atoms with Crippen LogP contribution < -0.4 is 4.90 Å². The maximum atomic E-state index is 13.4. The third-order valence-corrected chi connectivity index (χ3v) is 8.30.